The molecule has 22 heavy (non-hydrogen) atoms. The number of rotatable bonds is 6. The zero-order valence-electron chi connectivity index (χ0n) is 12.2. The van der Waals surface area contributed by atoms with Crippen molar-refractivity contribution >= 4 is 23.3 Å². The molecule has 0 aliphatic rings. The van der Waals surface area contributed by atoms with Gasteiger partial charge in [0.2, 0.25) is 5.89 Å². The number of nitriles is 1. The largest absolute Gasteiger partial charge is 0.411 e. The summed E-state index contributed by atoms with van der Waals surface area (Å²) in [6.45, 7) is 3.43. The number of ketones is 1. The zero-order valence-corrected chi connectivity index (χ0v) is 13.0. The van der Waals surface area contributed by atoms with E-state index in [1.165, 1.54) is 6.92 Å². The third-order valence-electron chi connectivity index (χ3n) is 2.93. The Kier molecular flexibility index (Phi) is 5.07. The quantitative estimate of drug-likeness (QED) is 0.649. The lowest BCUT2D eigenvalue weighted by atomic mass is 10.0. The minimum absolute atomic E-state index is 0.0178. The maximum Gasteiger partial charge on any atom is 0.277 e. The SMILES string of the molecule is CC(=N)[C@@H](C#N)C(=O)CSc1nnc(-c2ccc(C)cc2)o1. The van der Waals surface area contributed by atoms with Crippen molar-refractivity contribution in [2.75, 3.05) is 5.75 Å². The molecule has 1 aromatic carbocycles. The van der Waals surface area contributed by atoms with Crippen molar-refractivity contribution < 1.29 is 9.21 Å². The van der Waals surface area contributed by atoms with Crippen LogP contribution in [-0.2, 0) is 4.79 Å². The van der Waals surface area contributed by atoms with Crippen molar-refractivity contribution in [1.82, 2.24) is 10.2 Å². The molecule has 0 aliphatic heterocycles. The summed E-state index contributed by atoms with van der Waals surface area (Å²) >= 11 is 1.07. The molecule has 0 aliphatic carbocycles. The van der Waals surface area contributed by atoms with Crippen LogP contribution in [0, 0.1) is 29.6 Å². The third-order valence-corrected chi connectivity index (χ3v) is 3.77. The molecule has 1 atom stereocenters. The average Bonchev–Trinajstić information content (AvgIpc) is 2.95. The van der Waals surface area contributed by atoms with Crippen LogP contribution in [0.15, 0.2) is 33.9 Å². The maximum absolute atomic E-state index is 11.8. The normalized spacial score (nSPS) is 11.7. The number of aromatic nitrogens is 2. The highest BCUT2D eigenvalue weighted by Crippen LogP contribution is 2.24. The van der Waals surface area contributed by atoms with Crippen LogP contribution < -0.4 is 0 Å². The van der Waals surface area contributed by atoms with Gasteiger partial charge in [0, 0.05) is 11.3 Å². The van der Waals surface area contributed by atoms with E-state index < -0.39 is 5.92 Å². The van der Waals surface area contributed by atoms with Crippen molar-refractivity contribution in [2.45, 2.75) is 19.1 Å². The van der Waals surface area contributed by atoms with Gasteiger partial charge in [0.1, 0.15) is 5.92 Å². The summed E-state index contributed by atoms with van der Waals surface area (Å²) < 4.78 is 5.49. The van der Waals surface area contributed by atoms with Crippen LogP contribution in [0.3, 0.4) is 0 Å². The Labute approximate surface area is 132 Å². The fourth-order valence-corrected chi connectivity index (χ4v) is 2.38. The minimum Gasteiger partial charge on any atom is -0.411 e. The molecule has 6 nitrogen and oxygen atoms in total. The number of benzene rings is 1. The molecule has 0 amide bonds. The van der Waals surface area contributed by atoms with E-state index in [1.54, 1.807) is 0 Å². The van der Waals surface area contributed by atoms with Gasteiger partial charge in [0.15, 0.2) is 5.78 Å². The summed E-state index contributed by atoms with van der Waals surface area (Å²) in [6, 6.07) is 9.47. The van der Waals surface area contributed by atoms with Crippen molar-refractivity contribution in [3.05, 3.63) is 29.8 Å². The van der Waals surface area contributed by atoms with Gasteiger partial charge in [-0.05, 0) is 26.0 Å². The molecule has 1 heterocycles. The molecule has 112 valence electrons. The molecule has 0 unspecified atom stereocenters. The van der Waals surface area contributed by atoms with Gasteiger partial charge >= 0.3 is 0 Å². The predicted octanol–water partition coefficient (Wildman–Crippen LogP) is 2.89. The van der Waals surface area contributed by atoms with Crippen molar-refractivity contribution in [3.8, 4) is 17.5 Å². The molecule has 0 radical (unpaired) electrons. The van der Waals surface area contributed by atoms with Crippen LogP contribution in [0.25, 0.3) is 11.5 Å². The molecule has 0 saturated heterocycles. The summed E-state index contributed by atoms with van der Waals surface area (Å²) in [5, 5.41) is 24.3. The first-order chi connectivity index (χ1) is 10.5. The summed E-state index contributed by atoms with van der Waals surface area (Å²) in [7, 11) is 0. The van der Waals surface area contributed by atoms with Gasteiger partial charge in [-0.25, -0.2) is 0 Å². The number of aryl methyl sites for hydroxylation is 1. The Morgan fingerprint density at radius 3 is 2.68 bits per heavy atom. The van der Waals surface area contributed by atoms with Crippen LogP contribution in [0.4, 0.5) is 0 Å². The number of thioether (sulfide) groups is 1. The summed E-state index contributed by atoms with van der Waals surface area (Å²) in [4.78, 5) is 11.8. The lowest BCUT2D eigenvalue weighted by Gasteiger charge is -2.03. The molecular formula is C15H14N4O2S. The lowest BCUT2D eigenvalue weighted by Crippen LogP contribution is -2.21. The van der Waals surface area contributed by atoms with Crippen molar-refractivity contribution in [3.63, 3.8) is 0 Å². The second-order valence-electron chi connectivity index (χ2n) is 4.74. The van der Waals surface area contributed by atoms with E-state index in [0.29, 0.717) is 5.89 Å². The topological polar surface area (TPSA) is 104 Å². The van der Waals surface area contributed by atoms with E-state index >= 15 is 0 Å². The molecule has 2 aromatic rings. The molecule has 7 heteroatoms. The number of nitrogens with one attached hydrogen (secondary N) is 1. The Hall–Kier alpha value is -2.46. The number of nitrogens with zero attached hydrogens (tertiary/aromatic N) is 3. The number of hydrogen-bond donors (Lipinski definition) is 1. The molecule has 1 aromatic heterocycles. The number of carbonyl (C=O) groups is 1. The van der Waals surface area contributed by atoms with Gasteiger partial charge < -0.3 is 9.83 Å². The Morgan fingerprint density at radius 2 is 2.09 bits per heavy atom. The van der Waals surface area contributed by atoms with E-state index in [1.807, 2.05) is 37.3 Å². The highest BCUT2D eigenvalue weighted by Gasteiger charge is 2.21. The van der Waals surface area contributed by atoms with Gasteiger partial charge in [-0.3, -0.25) is 4.79 Å². The van der Waals surface area contributed by atoms with Gasteiger partial charge in [-0.15, -0.1) is 10.2 Å². The fourth-order valence-electron chi connectivity index (χ4n) is 1.71. The van der Waals surface area contributed by atoms with Crippen LogP contribution in [0.1, 0.15) is 12.5 Å². The molecular weight excluding hydrogens is 300 g/mol. The molecule has 2 rings (SSSR count). The van der Waals surface area contributed by atoms with E-state index in [9.17, 15) is 4.79 Å². The third kappa shape index (κ3) is 3.80. The first-order valence-electron chi connectivity index (χ1n) is 6.52. The monoisotopic (exact) mass is 314 g/mol. The minimum atomic E-state index is -1.01. The predicted molar refractivity (Wildman–Crippen MR) is 82.7 cm³/mol. The van der Waals surface area contributed by atoms with Crippen LogP contribution >= 0.6 is 11.8 Å². The molecule has 1 N–H and O–H groups in total. The van der Waals surface area contributed by atoms with Gasteiger partial charge in [-0.2, -0.15) is 5.26 Å². The van der Waals surface area contributed by atoms with Gasteiger partial charge in [0.25, 0.3) is 5.22 Å². The smallest absolute Gasteiger partial charge is 0.277 e. The Bertz CT molecular complexity index is 731. The number of hydrogen-bond acceptors (Lipinski definition) is 7. The Morgan fingerprint density at radius 1 is 1.41 bits per heavy atom. The fraction of sp³-hybridized carbons (Fsp3) is 0.267. The second-order valence-corrected chi connectivity index (χ2v) is 5.67. The van der Waals surface area contributed by atoms with Crippen molar-refractivity contribution in [2.24, 2.45) is 5.92 Å². The van der Waals surface area contributed by atoms with E-state index in [0.717, 1.165) is 22.9 Å². The van der Waals surface area contributed by atoms with Crippen LogP contribution in [-0.4, -0.2) is 27.4 Å². The maximum atomic E-state index is 11.8. The first-order valence-corrected chi connectivity index (χ1v) is 7.50. The second kappa shape index (κ2) is 7.00. The first kappa shape index (κ1) is 15.9. The molecule has 0 saturated carbocycles. The van der Waals surface area contributed by atoms with Crippen LogP contribution in [0.5, 0.6) is 0 Å². The van der Waals surface area contributed by atoms with Gasteiger partial charge in [0.05, 0.1) is 11.8 Å². The summed E-state index contributed by atoms with van der Waals surface area (Å²) in [5.74, 6) is -0.943. The molecule has 0 spiro atoms. The van der Waals surface area contributed by atoms with E-state index in [2.05, 4.69) is 10.2 Å². The highest BCUT2D eigenvalue weighted by atomic mass is 32.2. The van der Waals surface area contributed by atoms with Crippen molar-refractivity contribution in [1.29, 1.82) is 10.7 Å². The molecule has 0 bridgehead atoms. The van der Waals surface area contributed by atoms with E-state index in [-0.39, 0.29) is 22.5 Å². The zero-order chi connectivity index (χ0) is 16.1. The average molecular weight is 314 g/mol. The summed E-state index contributed by atoms with van der Waals surface area (Å²) in [5.41, 5.74) is 1.98. The number of carbonyl (C=O) groups excluding carboxylic acids is 1. The van der Waals surface area contributed by atoms with E-state index in [4.69, 9.17) is 15.1 Å². The van der Waals surface area contributed by atoms with Gasteiger partial charge in [-0.1, -0.05) is 29.5 Å². The summed E-state index contributed by atoms with van der Waals surface area (Å²) in [6.07, 6.45) is 0. The lowest BCUT2D eigenvalue weighted by molar-refractivity contribution is -0.117. The number of Topliss-reactive ketones (excluding diaryl/α,β-unsaturated/α-hetero) is 1. The molecule has 0 fully saturated rings. The Balaban J connectivity index is 2.01. The highest BCUT2D eigenvalue weighted by molar-refractivity contribution is 7.99. The standard InChI is InChI=1S/C15H14N4O2S/c1-9-3-5-11(6-4-9)14-18-19-15(21-14)22-8-13(20)12(7-16)10(2)17/h3-6,12,17H,8H2,1-2H3/t12-/m1/s1. The van der Waals surface area contributed by atoms with Crippen LogP contribution in [0.2, 0.25) is 0 Å².